The molecule has 40 heavy (non-hydrogen) atoms. The Kier molecular flexibility index (Phi) is 38.8. The van der Waals surface area contributed by atoms with Crippen LogP contribution in [0.4, 0.5) is 0 Å². The van der Waals surface area contributed by atoms with Crippen molar-refractivity contribution in [2.75, 3.05) is 24.6 Å². The summed E-state index contributed by atoms with van der Waals surface area (Å²) in [5, 5.41) is 0. The molecule has 0 amide bonds. The Balaban J connectivity index is 0. The lowest BCUT2D eigenvalue weighted by Crippen LogP contribution is -3.00. The van der Waals surface area contributed by atoms with Crippen LogP contribution in [-0.2, 0) is 0 Å². The molecule has 0 aromatic rings. The van der Waals surface area contributed by atoms with Crippen LogP contribution in [0, 0.1) is 0 Å². The fourth-order valence-corrected chi connectivity index (χ4v) is 11.6. The van der Waals surface area contributed by atoms with Crippen LogP contribution in [0.1, 0.15) is 220 Å². The van der Waals surface area contributed by atoms with Crippen LogP contribution in [0.2, 0.25) is 0 Å². The van der Waals surface area contributed by atoms with Crippen LogP contribution in [0.25, 0.3) is 0 Å². The summed E-state index contributed by atoms with van der Waals surface area (Å²) in [4.78, 5) is 0. The summed E-state index contributed by atoms with van der Waals surface area (Å²) >= 11 is 0. The van der Waals surface area contributed by atoms with E-state index in [4.69, 9.17) is 0 Å². The van der Waals surface area contributed by atoms with Gasteiger partial charge in [0, 0.05) is 7.26 Å². The Morgan fingerprint density at radius 3 is 0.550 bits per heavy atom. The number of rotatable bonds is 34. The van der Waals surface area contributed by atoms with Gasteiger partial charge in [-0.25, -0.2) is 0 Å². The van der Waals surface area contributed by atoms with Gasteiger partial charge in [-0.1, -0.05) is 169 Å². The van der Waals surface area contributed by atoms with Crippen LogP contribution in [0.5, 0.6) is 0 Å². The third-order valence-corrected chi connectivity index (χ3v) is 14.5. The molecule has 0 spiro atoms. The molecule has 0 saturated heterocycles. The van der Waals surface area contributed by atoms with Crippen molar-refractivity contribution < 1.29 is 17.0 Å². The van der Waals surface area contributed by atoms with E-state index in [-0.39, 0.29) is 17.0 Å². The van der Waals surface area contributed by atoms with Crippen molar-refractivity contribution in [3.05, 3.63) is 0 Å². The number of unbranched alkanes of at least 4 members (excludes halogenated alkanes) is 26. The zero-order valence-corrected chi connectivity index (χ0v) is 31.3. The van der Waals surface area contributed by atoms with E-state index in [9.17, 15) is 0 Å². The minimum atomic E-state index is -0.741. The fourth-order valence-electron chi connectivity index (χ4n) is 6.64. The summed E-state index contributed by atoms with van der Waals surface area (Å²) in [6.45, 7) is 9.39. The summed E-state index contributed by atoms with van der Waals surface area (Å²) in [5.74, 6) is 0. The molecule has 0 saturated carbocycles. The van der Waals surface area contributed by atoms with Crippen molar-refractivity contribution in [2.24, 2.45) is 0 Å². The van der Waals surface area contributed by atoms with Crippen LogP contribution >= 0.6 is 7.26 Å². The highest BCUT2D eigenvalue weighted by atomic mass is 79.9. The smallest absolute Gasteiger partial charge is 0.0594 e. The second kappa shape index (κ2) is 36.1. The summed E-state index contributed by atoms with van der Waals surface area (Å²) in [7, 11) is -0.741. The van der Waals surface area contributed by atoms with Gasteiger partial charge in [-0.15, -0.1) is 0 Å². The zero-order valence-electron chi connectivity index (χ0n) is 28.9. The van der Waals surface area contributed by atoms with Crippen molar-refractivity contribution in [3.8, 4) is 0 Å². The van der Waals surface area contributed by atoms with E-state index < -0.39 is 7.26 Å². The molecule has 2 heteroatoms. The molecule has 0 nitrogen and oxygen atoms in total. The van der Waals surface area contributed by atoms with Gasteiger partial charge >= 0.3 is 0 Å². The van der Waals surface area contributed by atoms with Crippen molar-refractivity contribution in [1.29, 1.82) is 0 Å². The maximum atomic E-state index is 2.37. The highest BCUT2D eigenvalue weighted by Gasteiger charge is 2.34. The van der Waals surface area contributed by atoms with E-state index in [0.29, 0.717) is 0 Å². The van der Waals surface area contributed by atoms with Gasteiger partial charge in [0.1, 0.15) is 0 Å². The molecule has 0 aromatic carbocycles. The van der Waals surface area contributed by atoms with E-state index in [0.717, 1.165) is 0 Å². The quantitative estimate of drug-likeness (QED) is 0.0482. The van der Waals surface area contributed by atoms with Crippen LogP contribution in [-0.4, -0.2) is 24.6 Å². The lowest BCUT2D eigenvalue weighted by Gasteiger charge is -2.28. The fraction of sp³-hybridized carbons (Fsp3) is 1.00. The number of hydrogen-bond donors (Lipinski definition) is 0. The molecule has 0 aliphatic rings. The molecule has 0 aliphatic carbocycles. The molecule has 0 N–H and O–H groups in total. The van der Waals surface area contributed by atoms with Gasteiger partial charge in [-0.3, -0.25) is 0 Å². The first-order chi connectivity index (χ1) is 19.2. The molecule has 0 bridgehead atoms. The maximum Gasteiger partial charge on any atom is 0.0594 e. The zero-order chi connectivity index (χ0) is 28.5. The van der Waals surface area contributed by atoms with Crippen LogP contribution < -0.4 is 17.0 Å². The first kappa shape index (κ1) is 43.0. The molecular formula is C38H80BrP. The Hall–Kier alpha value is 0.910. The predicted molar refractivity (Wildman–Crippen MR) is 188 cm³/mol. The highest BCUT2D eigenvalue weighted by Crippen LogP contribution is 2.61. The van der Waals surface area contributed by atoms with E-state index in [1.807, 2.05) is 0 Å². The molecule has 0 rings (SSSR count). The van der Waals surface area contributed by atoms with E-state index in [1.54, 1.807) is 50.3 Å². The lowest BCUT2D eigenvalue weighted by atomic mass is 10.1. The van der Waals surface area contributed by atoms with Crippen LogP contribution in [0.15, 0.2) is 0 Å². The average molecular weight is 648 g/mol. The molecule has 0 aliphatic heterocycles. The normalized spacial score (nSPS) is 11.7. The van der Waals surface area contributed by atoms with Crippen molar-refractivity contribution in [2.45, 2.75) is 220 Å². The number of halogens is 1. The monoisotopic (exact) mass is 647 g/mol. The average Bonchev–Trinajstić information content (AvgIpc) is 2.94. The van der Waals surface area contributed by atoms with Crippen molar-refractivity contribution in [3.63, 3.8) is 0 Å². The first-order valence-electron chi connectivity index (χ1n) is 19.1. The van der Waals surface area contributed by atoms with Gasteiger partial charge < -0.3 is 17.0 Å². The Morgan fingerprint density at radius 2 is 0.375 bits per heavy atom. The molecule has 0 heterocycles. The second-order valence-corrected chi connectivity index (χ2v) is 17.9. The summed E-state index contributed by atoms with van der Waals surface area (Å²) in [6, 6.07) is 0. The minimum absolute atomic E-state index is 0. The lowest BCUT2D eigenvalue weighted by molar-refractivity contribution is -0.00000887. The van der Waals surface area contributed by atoms with Crippen molar-refractivity contribution >= 4 is 7.26 Å². The van der Waals surface area contributed by atoms with E-state index >= 15 is 0 Å². The topological polar surface area (TPSA) is 0 Å². The predicted octanol–water partition coefficient (Wildman–Crippen LogP) is 11.8. The number of hydrogen-bond acceptors (Lipinski definition) is 0. The van der Waals surface area contributed by atoms with E-state index in [1.165, 1.54) is 167 Å². The summed E-state index contributed by atoms with van der Waals surface area (Å²) < 4.78 is 0. The standard InChI is InChI=1S/C38H80P.BrH/c1-5-9-13-17-19-21-23-25-29-33-37-39(35-31-27-15-11-7-3,36-32-28-16-12-8-4)38-34-30-26-24-22-20-18-14-10-6-2;/h5-38H2,1-4H3;1H/q+1;/p-1. The van der Waals surface area contributed by atoms with Gasteiger partial charge in [0.2, 0.25) is 0 Å². The minimum Gasteiger partial charge on any atom is -1.00 e. The molecule has 0 atom stereocenters. The van der Waals surface area contributed by atoms with Gasteiger partial charge in [0.15, 0.2) is 0 Å². The highest BCUT2D eigenvalue weighted by molar-refractivity contribution is 7.75. The van der Waals surface area contributed by atoms with Crippen LogP contribution in [0.3, 0.4) is 0 Å². The maximum absolute atomic E-state index is 2.37. The molecule has 244 valence electrons. The molecule has 0 fully saturated rings. The van der Waals surface area contributed by atoms with E-state index in [2.05, 4.69) is 27.7 Å². The van der Waals surface area contributed by atoms with Gasteiger partial charge in [0.25, 0.3) is 0 Å². The SMILES string of the molecule is CCCCCCCCCCCC[P+](CCCCCCC)(CCCCCCC)CCCCCCCCCCCC.[Br-]. The van der Waals surface area contributed by atoms with Gasteiger partial charge in [0.05, 0.1) is 24.6 Å². The Morgan fingerprint density at radius 1 is 0.225 bits per heavy atom. The van der Waals surface area contributed by atoms with Gasteiger partial charge in [-0.2, -0.15) is 0 Å². The van der Waals surface area contributed by atoms with Gasteiger partial charge in [-0.05, 0) is 51.4 Å². The molecule has 0 unspecified atom stereocenters. The second-order valence-electron chi connectivity index (χ2n) is 13.4. The largest absolute Gasteiger partial charge is 1.00 e. The van der Waals surface area contributed by atoms with Crippen molar-refractivity contribution in [1.82, 2.24) is 0 Å². The summed E-state index contributed by atoms with van der Waals surface area (Å²) in [6.07, 6.45) is 51.2. The Bertz CT molecular complexity index is 397. The molecule has 0 radical (unpaired) electrons. The third kappa shape index (κ3) is 30.4. The third-order valence-electron chi connectivity index (χ3n) is 9.44. The molecular weight excluding hydrogens is 567 g/mol. The molecule has 0 aromatic heterocycles. The summed E-state index contributed by atoms with van der Waals surface area (Å²) in [5.41, 5.74) is 0. The first-order valence-corrected chi connectivity index (χ1v) is 21.6. The Labute approximate surface area is 268 Å².